The third-order valence-electron chi connectivity index (χ3n) is 3.24. The minimum absolute atomic E-state index is 0.108. The van der Waals surface area contributed by atoms with Crippen molar-refractivity contribution in [1.82, 2.24) is 10.3 Å². The highest BCUT2D eigenvalue weighted by Crippen LogP contribution is 2.36. The second-order valence-electron chi connectivity index (χ2n) is 4.95. The number of thioether (sulfide) groups is 1. The molecule has 1 N–H and O–H groups in total. The molecule has 2 aromatic rings. The molecule has 1 atom stereocenters. The average Bonchev–Trinajstić information content (AvgIpc) is 3.11. The summed E-state index contributed by atoms with van der Waals surface area (Å²) in [7, 11) is 0. The Hall–Kier alpha value is -2.19. The van der Waals surface area contributed by atoms with E-state index in [4.69, 9.17) is 4.74 Å². The minimum atomic E-state index is -0.399. The number of aromatic nitrogens is 1. The highest BCUT2D eigenvalue weighted by molar-refractivity contribution is 8.15. The molecule has 3 rings (SSSR count). The molecule has 0 spiro atoms. The van der Waals surface area contributed by atoms with Gasteiger partial charge in [0, 0.05) is 0 Å². The van der Waals surface area contributed by atoms with Gasteiger partial charge in [-0.2, -0.15) is 4.99 Å². The van der Waals surface area contributed by atoms with E-state index in [1.165, 1.54) is 11.8 Å². The number of amides is 1. The number of aryl methyl sites for hydroxylation is 1. The number of benzene rings is 1. The molecule has 0 radical (unpaired) electrons. The van der Waals surface area contributed by atoms with Crippen molar-refractivity contribution in [3.63, 3.8) is 0 Å². The lowest BCUT2D eigenvalue weighted by molar-refractivity contribution is -0.118. The van der Waals surface area contributed by atoms with Crippen LogP contribution in [0.15, 0.2) is 35.3 Å². The smallest absolute Gasteiger partial charge is 0.350 e. The summed E-state index contributed by atoms with van der Waals surface area (Å²) in [6.07, 6.45) is 0. The lowest BCUT2D eigenvalue weighted by Crippen LogP contribution is -2.21. The molecule has 1 amide bonds. The highest BCUT2D eigenvalue weighted by Gasteiger charge is 2.31. The van der Waals surface area contributed by atoms with Crippen LogP contribution in [0.3, 0.4) is 0 Å². The van der Waals surface area contributed by atoms with E-state index in [0.717, 1.165) is 16.9 Å². The maximum absolute atomic E-state index is 12.1. The normalized spacial score (nSPS) is 18.7. The van der Waals surface area contributed by atoms with E-state index in [9.17, 15) is 9.59 Å². The van der Waals surface area contributed by atoms with Gasteiger partial charge in [-0.15, -0.1) is 0 Å². The van der Waals surface area contributed by atoms with Crippen LogP contribution in [-0.4, -0.2) is 28.6 Å². The molecule has 1 aromatic carbocycles. The third kappa shape index (κ3) is 3.49. The molecule has 1 fully saturated rings. The number of esters is 1. The maximum Gasteiger partial charge on any atom is 0.350 e. The molecule has 1 aliphatic heterocycles. The predicted octanol–water partition coefficient (Wildman–Crippen LogP) is 3.22. The zero-order valence-corrected chi connectivity index (χ0v) is 14.7. The Balaban J connectivity index is 1.79. The predicted molar refractivity (Wildman–Crippen MR) is 94.8 cm³/mol. The molecular weight excluding hydrogens is 346 g/mol. The van der Waals surface area contributed by atoms with E-state index in [1.807, 2.05) is 30.3 Å². The van der Waals surface area contributed by atoms with Gasteiger partial charge in [-0.3, -0.25) is 4.79 Å². The van der Waals surface area contributed by atoms with Gasteiger partial charge in [0.2, 0.25) is 11.0 Å². The lowest BCUT2D eigenvalue weighted by atomic mass is 10.1. The van der Waals surface area contributed by atoms with Crippen molar-refractivity contribution in [3.8, 4) is 0 Å². The Morgan fingerprint density at radius 1 is 1.38 bits per heavy atom. The zero-order valence-electron chi connectivity index (χ0n) is 13.1. The molecule has 0 bridgehead atoms. The number of carbonyl (C=O) groups excluding carboxylic acids is 2. The largest absolute Gasteiger partial charge is 0.462 e. The lowest BCUT2D eigenvalue weighted by Gasteiger charge is -2.03. The SMILES string of the molecule is CCOC(=O)c1sc(N=C2NC(=O)C(c3ccccc3)S2)nc1C. The van der Waals surface area contributed by atoms with Crippen LogP contribution < -0.4 is 5.32 Å². The number of hydrogen-bond donors (Lipinski definition) is 1. The van der Waals surface area contributed by atoms with Gasteiger partial charge in [0.05, 0.1) is 12.3 Å². The van der Waals surface area contributed by atoms with E-state index in [2.05, 4.69) is 15.3 Å². The quantitative estimate of drug-likeness (QED) is 0.846. The van der Waals surface area contributed by atoms with Crippen molar-refractivity contribution in [1.29, 1.82) is 0 Å². The molecule has 1 saturated heterocycles. The fourth-order valence-electron chi connectivity index (χ4n) is 2.17. The summed E-state index contributed by atoms with van der Waals surface area (Å²) >= 11 is 2.50. The number of carbonyl (C=O) groups is 2. The molecule has 1 aromatic heterocycles. The first kappa shape index (κ1) is 16.7. The zero-order chi connectivity index (χ0) is 17.1. The maximum atomic E-state index is 12.1. The van der Waals surface area contributed by atoms with Gasteiger partial charge >= 0.3 is 5.97 Å². The first-order chi connectivity index (χ1) is 11.6. The van der Waals surface area contributed by atoms with Crippen LogP contribution in [0.1, 0.15) is 33.1 Å². The number of nitrogens with one attached hydrogen (secondary N) is 1. The van der Waals surface area contributed by atoms with Crippen LogP contribution in [0.4, 0.5) is 5.13 Å². The third-order valence-corrected chi connectivity index (χ3v) is 5.41. The molecule has 0 saturated carbocycles. The standard InChI is InChI=1S/C16H15N3O3S2/c1-3-22-14(21)11-9(2)17-15(23-11)19-16-18-13(20)12(24-16)10-7-5-4-6-8-10/h4-8,12H,3H2,1-2H3,(H,17,18,19,20). The fourth-order valence-corrected chi connectivity index (χ4v) is 4.05. The summed E-state index contributed by atoms with van der Waals surface area (Å²) in [5.74, 6) is -0.506. The van der Waals surface area contributed by atoms with E-state index in [0.29, 0.717) is 27.5 Å². The first-order valence-electron chi connectivity index (χ1n) is 7.34. The summed E-state index contributed by atoms with van der Waals surface area (Å²) in [4.78, 5) is 33.0. The molecule has 24 heavy (non-hydrogen) atoms. The first-order valence-corrected chi connectivity index (χ1v) is 9.03. The van der Waals surface area contributed by atoms with E-state index in [-0.39, 0.29) is 11.2 Å². The van der Waals surface area contributed by atoms with Gasteiger partial charge in [-0.25, -0.2) is 9.78 Å². The van der Waals surface area contributed by atoms with Gasteiger partial charge in [-0.05, 0) is 19.4 Å². The summed E-state index contributed by atoms with van der Waals surface area (Å²) in [5.41, 5.74) is 1.50. The van der Waals surface area contributed by atoms with Crippen molar-refractivity contribution in [2.75, 3.05) is 6.61 Å². The van der Waals surface area contributed by atoms with Gasteiger partial charge in [0.15, 0.2) is 5.17 Å². The second kappa shape index (κ2) is 7.14. The summed E-state index contributed by atoms with van der Waals surface area (Å²) in [6, 6.07) is 9.52. The summed E-state index contributed by atoms with van der Waals surface area (Å²) < 4.78 is 4.99. The Kier molecular flexibility index (Phi) is 4.96. The van der Waals surface area contributed by atoms with Crippen molar-refractivity contribution in [2.45, 2.75) is 19.1 Å². The van der Waals surface area contributed by atoms with Crippen LogP contribution in [0.5, 0.6) is 0 Å². The monoisotopic (exact) mass is 361 g/mol. The number of rotatable bonds is 4. The highest BCUT2D eigenvalue weighted by atomic mass is 32.2. The molecule has 1 unspecified atom stereocenters. The van der Waals surface area contributed by atoms with Crippen molar-refractivity contribution < 1.29 is 14.3 Å². The molecule has 8 heteroatoms. The van der Waals surface area contributed by atoms with Crippen LogP contribution in [0.25, 0.3) is 0 Å². The number of nitrogens with zero attached hydrogens (tertiary/aromatic N) is 2. The molecule has 1 aliphatic rings. The number of aliphatic imine (C=N–C) groups is 1. The fraction of sp³-hybridized carbons (Fsp3) is 0.250. The van der Waals surface area contributed by atoms with Crippen molar-refractivity contribution in [3.05, 3.63) is 46.5 Å². The van der Waals surface area contributed by atoms with Gasteiger partial charge < -0.3 is 10.1 Å². The second-order valence-corrected chi connectivity index (χ2v) is 7.02. The molecule has 0 aliphatic carbocycles. The number of amidine groups is 1. The molecule has 2 heterocycles. The van der Waals surface area contributed by atoms with Gasteiger partial charge in [0.25, 0.3) is 0 Å². The van der Waals surface area contributed by atoms with Crippen LogP contribution in [0.2, 0.25) is 0 Å². The van der Waals surface area contributed by atoms with Crippen molar-refractivity contribution in [2.24, 2.45) is 4.99 Å². The number of hydrogen-bond acceptors (Lipinski definition) is 7. The van der Waals surface area contributed by atoms with E-state index < -0.39 is 5.97 Å². The van der Waals surface area contributed by atoms with Crippen molar-refractivity contribution >= 4 is 45.3 Å². The number of thiazole rings is 1. The minimum Gasteiger partial charge on any atom is -0.462 e. The van der Waals surface area contributed by atoms with Crippen LogP contribution in [0, 0.1) is 6.92 Å². The number of ether oxygens (including phenoxy) is 1. The van der Waals surface area contributed by atoms with E-state index >= 15 is 0 Å². The van der Waals surface area contributed by atoms with Gasteiger partial charge in [0.1, 0.15) is 10.1 Å². The molecular formula is C16H15N3O3S2. The Morgan fingerprint density at radius 2 is 2.12 bits per heavy atom. The van der Waals surface area contributed by atoms with Gasteiger partial charge in [-0.1, -0.05) is 53.4 Å². The Bertz CT molecular complexity index is 802. The summed E-state index contributed by atoms with van der Waals surface area (Å²) in [6.45, 7) is 3.80. The van der Waals surface area contributed by atoms with Crippen LogP contribution >= 0.6 is 23.1 Å². The molecule has 124 valence electrons. The average molecular weight is 361 g/mol. The Morgan fingerprint density at radius 3 is 2.83 bits per heavy atom. The van der Waals surface area contributed by atoms with E-state index in [1.54, 1.807) is 13.8 Å². The summed E-state index contributed by atoms with van der Waals surface area (Å²) in [5, 5.41) is 3.34. The topological polar surface area (TPSA) is 80.6 Å². The molecule has 6 nitrogen and oxygen atoms in total. The Labute approximate surface area is 147 Å². The van der Waals surface area contributed by atoms with Crippen LogP contribution in [-0.2, 0) is 9.53 Å².